The van der Waals surface area contributed by atoms with Gasteiger partial charge in [-0.05, 0) is 36.2 Å². The zero-order valence-electron chi connectivity index (χ0n) is 11.2. The second-order valence-electron chi connectivity index (χ2n) is 4.63. The van der Waals surface area contributed by atoms with Crippen molar-refractivity contribution in [3.8, 4) is 22.6 Å². The monoisotopic (exact) mass is 282 g/mol. The molecule has 0 aliphatic carbocycles. The van der Waals surface area contributed by atoms with Crippen LogP contribution in [0.4, 0.5) is 0 Å². The van der Waals surface area contributed by atoms with E-state index in [1.54, 1.807) is 0 Å². The van der Waals surface area contributed by atoms with E-state index in [1.165, 1.54) is 0 Å². The number of rotatable bonds is 3. The molecule has 3 rings (SSSR count). The standard InChI is InChI=1S/C17H15ClN2/c1-2-15-16(12-6-4-3-5-7-12)20-17(19-15)13-8-10-14(18)11-9-13/h3-11H,2H2,1H3,(H,19,20). The molecular weight excluding hydrogens is 268 g/mol. The summed E-state index contributed by atoms with van der Waals surface area (Å²) in [7, 11) is 0. The van der Waals surface area contributed by atoms with Crippen molar-refractivity contribution in [1.29, 1.82) is 0 Å². The highest BCUT2D eigenvalue weighted by Gasteiger charge is 2.11. The van der Waals surface area contributed by atoms with Crippen LogP contribution in [0.25, 0.3) is 22.6 Å². The van der Waals surface area contributed by atoms with Gasteiger partial charge < -0.3 is 4.98 Å². The Kier molecular flexibility index (Phi) is 3.57. The normalized spacial score (nSPS) is 10.7. The van der Waals surface area contributed by atoms with E-state index < -0.39 is 0 Å². The maximum absolute atomic E-state index is 5.93. The quantitative estimate of drug-likeness (QED) is 0.723. The Bertz CT molecular complexity index is 700. The smallest absolute Gasteiger partial charge is 0.138 e. The summed E-state index contributed by atoms with van der Waals surface area (Å²) in [5, 5.41) is 0.735. The fraction of sp³-hybridized carbons (Fsp3) is 0.118. The maximum atomic E-state index is 5.93. The molecule has 2 nitrogen and oxygen atoms in total. The van der Waals surface area contributed by atoms with Crippen LogP contribution in [-0.2, 0) is 6.42 Å². The molecular formula is C17H15ClN2. The molecule has 1 N–H and O–H groups in total. The zero-order chi connectivity index (χ0) is 13.9. The molecule has 0 aliphatic rings. The van der Waals surface area contributed by atoms with E-state index >= 15 is 0 Å². The first-order valence-electron chi connectivity index (χ1n) is 6.68. The first-order valence-corrected chi connectivity index (χ1v) is 7.06. The topological polar surface area (TPSA) is 28.7 Å². The lowest BCUT2D eigenvalue weighted by atomic mass is 10.1. The number of imidazole rings is 1. The van der Waals surface area contributed by atoms with Gasteiger partial charge in [0.1, 0.15) is 5.82 Å². The van der Waals surface area contributed by atoms with E-state index in [2.05, 4.69) is 24.0 Å². The average Bonchev–Trinajstić information content (AvgIpc) is 2.93. The predicted molar refractivity (Wildman–Crippen MR) is 83.8 cm³/mol. The lowest BCUT2D eigenvalue weighted by molar-refractivity contribution is 1.07. The Balaban J connectivity index is 2.07. The van der Waals surface area contributed by atoms with Crippen molar-refractivity contribution in [2.45, 2.75) is 13.3 Å². The Morgan fingerprint density at radius 3 is 2.30 bits per heavy atom. The van der Waals surface area contributed by atoms with Gasteiger partial charge in [0.15, 0.2) is 0 Å². The van der Waals surface area contributed by atoms with E-state index in [9.17, 15) is 0 Å². The summed E-state index contributed by atoms with van der Waals surface area (Å²) >= 11 is 5.93. The van der Waals surface area contributed by atoms with Crippen molar-refractivity contribution < 1.29 is 0 Å². The summed E-state index contributed by atoms with van der Waals surface area (Å²) in [6, 6.07) is 18.0. The number of hydrogen-bond acceptors (Lipinski definition) is 1. The van der Waals surface area contributed by atoms with Crippen molar-refractivity contribution in [3.63, 3.8) is 0 Å². The van der Waals surface area contributed by atoms with Crippen molar-refractivity contribution in [2.75, 3.05) is 0 Å². The van der Waals surface area contributed by atoms with Crippen LogP contribution in [0.3, 0.4) is 0 Å². The van der Waals surface area contributed by atoms with Gasteiger partial charge in [-0.15, -0.1) is 0 Å². The van der Waals surface area contributed by atoms with Gasteiger partial charge >= 0.3 is 0 Å². The molecule has 0 aliphatic heterocycles. The highest BCUT2D eigenvalue weighted by Crippen LogP contribution is 2.26. The third-order valence-electron chi connectivity index (χ3n) is 3.29. The molecule has 0 atom stereocenters. The van der Waals surface area contributed by atoms with E-state index in [0.717, 1.165) is 39.8 Å². The summed E-state index contributed by atoms with van der Waals surface area (Å²) in [5.41, 5.74) is 4.39. The van der Waals surface area contributed by atoms with E-state index in [-0.39, 0.29) is 0 Å². The maximum Gasteiger partial charge on any atom is 0.138 e. The number of hydrogen-bond donors (Lipinski definition) is 1. The van der Waals surface area contributed by atoms with Crippen molar-refractivity contribution in [2.24, 2.45) is 0 Å². The van der Waals surface area contributed by atoms with E-state index in [1.807, 2.05) is 42.5 Å². The molecule has 0 unspecified atom stereocenters. The van der Waals surface area contributed by atoms with Crippen LogP contribution in [0.2, 0.25) is 5.02 Å². The predicted octanol–water partition coefficient (Wildman–Crippen LogP) is 4.96. The minimum absolute atomic E-state index is 0.735. The molecule has 0 bridgehead atoms. The van der Waals surface area contributed by atoms with Crippen LogP contribution >= 0.6 is 11.6 Å². The average molecular weight is 283 g/mol. The third kappa shape index (κ3) is 2.47. The molecule has 2 aromatic carbocycles. The van der Waals surface area contributed by atoms with Gasteiger partial charge in [-0.25, -0.2) is 4.98 Å². The molecule has 0 fully saturated rings. The van der Waals surface area contributed by atoms with E-state index in [0.29, 0.717) is 0 Å². The molecule has 1 heterocycles. The molecule has 1 aromatic heterocycles. The summed E-state index contributed by atoms with van der Waals surface area (Å²) in [5.74, 6) is 0.886. The zero-order valence-corrected chi connectivity index (χ0v) is 12.0. The molecule has 20 heavy (non-hydrogen) atoms. The van der Waals surface area contributed by atoms with Crippen LogP contribution in [0, 0.1) is 0 Å². The summed E-state index contributed by atoms with van der Waals surface area (Å²) < 4.78 is 0. The molecule has 0 saturated heterocycles. The lowest BCUT2D eigenvalue weighted by Crippen LogP contribution is -1.85. The number of nitrogens with zero attached hydrogens (tertiary/aromatic N) is 1. The lowest BCUT2D eigenvalue weighted by Gasteiger charge is -1.99. The van der Waals surface area contributed by atoms with Crippen LogP contribution in [0.15, 0.2) is 54.6 Å². The molecule has 100 valence electrons. The highest BCUT2D eigenvalue weighted by molar-refractivity contribution is 6.30. The number of benzene rings is 2. The summed E-state index contributed by atoms with van der Waals surface area (Å²) in [6.07, 6.45) is 0.897. The first kappa shape index (κ1) is 12.9. The third-order valence-corrected chi connectivity index (χ3v) is 3.55. The minimum Gasteiger partial charge on any atom is -0.338 e. The van der Waals surface area contributed by atoms with E-state index in [4.69, 9.17) is 16.6 Å². The number of aromatic nitrogens is 2. The van der Waals surface area contributed by atoms with Crippen LogP contribution in [0.1, 0.15) is 12.6 Å². The van der Waals surface area contributed by atoms with Crippen molar-refractivity contribution in [3.05, 3.63) is 65.3 Å². The largest absolute Gasteiger partial charge is 0.338 e. The Morgan fingerprint density at radius 1 is 0.950 bits per heavy atom. The Labute approximate surface area is 123 Å². The van der Waals surface area contributed by atoms with Crippen LogP contribution < -0.4 is 0 Å². The van der Waals surface area contributed by atoms with Gasteiger partial charge in [0.2, 0.25) is 0 Å². The fourth-order valence-corrected chi connectivity index (χ4v) is 2.38. The van der Waals surface area contributed by atoms with Crippen LogP contribution in [0.5, 0.6) is 0 Å². The number of H-pyrrole nitrogens is 1. The number of aromatic amines is 1. The molecule has 0 spiro atoms. The Hall–Kier alpha value is -2.06. The van der Waals surface area contributed by atoms with Gasteiger partial charge in [0, 0.05) is 10.6 Å². The second kappa shape index (κ2) is 5.51. The Morgan fingerprint density at radius 2 is 1.65 bits per heavy atom. The van der Waals surface area contributed by atoms with Gasteiger partial charge in [-0.3, -0.25) is 0 Å². The summed E-state index contributed by atoms with van der Waals surface area (Å²) in [4.78, 5) is 8.14. The van der Waals surface area contributed by atoms with Gasteiger partial charge in [-0.1, -0.05) is 48.9 Å². The van der Waals surface area contributed by atoms with Gasteiger partial charge in [-0.2, -0.15) is 0 Å². The number of halogens is 1. The fourth-order valence-electron chi connectivity index (χ4n) is 2.25. The van der Waals surface area contributed by atoms with Crippen LogP contribution in [-0.4, -0.2) is 9.97 Å². The van der Waals surface area contributed by atoms with Gasteiger partial charge in [0.25, 0.3) is 0 Å². The van der Waals surface area contributed by atoms with Crippen molar-refractivity contribution >= 4 is 11.6 Å². The highest BCUT2D eigenvalue weighted by atomic mass is 35.5. The molecule has 3 aromatic rings. The molecule has 0 radical (unpaired) electrons. The number of aryl methyl sites for hydroxylation is 1. The molecule has 0 saturated carbocycles. The molecule has 0 amide bonds. The second-order valence-corrected chi connectivity index (χ2v) is 5.07. The van der Waals surface area contributed by atoms with Crippen molar-refractivity contribution in [1.82, 2.24) is 9.97 Å². The van der Waals surface area contributed by atoms with Gasteiger partial charge in [0.05, 0.1) is 11.4 Å². The SMILES string of the molecule is CCc1nc(-c2ccc(Cl)cc2)[nH]c1-c1ccccc1. The first-order chi connectivity index (χ1) is 9.78. The summed E-state index contributed by atoms with van der Waals surface area (Å²) in [6.45, 7) is 2.12. The molecule has 3 heteroatoms. The minimum atomic E-state index is 0.735. The number of nitrogens with one attached hydrogen (secondary N) is 1.